The number of amides is 2. The van der Waals surface area contributed by atoms with Crippen LogP contribution in [-0.4, -0.2) is 51.9 Å². The van der Waals surface area contributed by atoms with E-state index in [-0.39, 0.29) is 6.03 Å². The first-order valence-electron chi connectivity index (χ1n) is 8.55. The normalized spacial score (nSPS) is 17.0. The monoisotopic (exact) mass is 326 g/mol. The fourth-order valence-electron chi connectivity index (χ4n) is 3.41. The Morgan fingerprint density at radius 1 is 1.04 bits per heavy atom. The summed E-state index contributed by atoms with van der Waals surface area (Å²) in [6.07, 6.45) is 2.11. The van der Waals surface area contributed by atoms with E-state index in [4.69, 9.17) is 0 Å². The number of piperazine rings is 1. The molecule has 3 heterocycles. The zero-order chi connectivity index (χ0) is 16.4. The summed E-state index contributed by atoms with van der Waals surface area (Å²) >= 11 is 0. The lowest BCUT2D eigenvalue weighted by Gasteiger charge is -2.36. The molecular formula is C17H22N6O. The summed E-state index contributed by atoms with van der Waals surface area (Å²) in [5, 5.41) is 11.3. The van der Waals surface area contributed by atoms with Crippen LogP contribution in [0.1, 0.15) is 18.1 Å². The van der Waals surface area contributed by atoms with E-state index in [0.717, 1.165) is 57.2 Å². The number of hydrogen-bond acceptors (Lipinski definition) is 4. The predicted octanol–water partition coefficient (Wildman–Crippen LogP) is 1.26. The molecule has 0 bridgehead atoms. The van der Waals surface area contributed by atoms with Gasteiger partial charge >= 0.3 is 6.03 Å². The number of para-hydroxylation sites is 1. The number of aromatic nitrogens is 3. The van der Waals surface area contributed by atoms with Crippen molar-refractivity contribution in [2.24, 2.45) is 0 Å². The van der Waals surface area contributed by atoms with Gasteiger partial charge in [-0.2, -0.15) is 0 Å². The minimum absolute atomic E-state index is 0.0157. The Balaban J connectivity index is 1.29. The number of aryl methyl sites for hydroxylation is 1. The summed E-state index contributed by atoms with van der Waals surface area (Å²) in [6, 6.07) is 10.3. The molecule has 1 aromatic carbocycles. The number of hydrogen-bond donors (Lipinski definition) is 1. The highest BCUT2D eigenvalue weighted by molar-refractivity contribution is 5.74. The molecule has 0 saturated carbocycles. The first-order valence-corrected chi connectivity index (χ1v) is 8.55. The van der Waals surface area contributed by atoms with Gasteiger partial charge in [0.1, 0.15) is 5.82 Å². The van der Waals surface area contributed by atoms with Crippen LogP contribution >= 0.6 is 0 Å². The lowest BCUT2D eigenvalue weighted by Crippen LogP contribution is -2.51. The van der Waals surface area contributed by atoms with Gasteiger partial charge in [-0.3, -0.25) is 0 Å². The molecule has 0 unspecified atom stereocenters. The zero-order valence-corrected chi connectivity index (χ0v) is 13.7. The van der Waals surface area contributed by atoms with E-state index >= 15 is 0 Å². The number of carbonyl (C=O) groups is 1. The Morgan fingerprint density at radius 3 is 2.62 bits per heavy atom. The molecule has 4 rings (SSSR count). The molecule has 0 radical (unpaired) electrons. The minimum Gasteiger partial charge on any atom is -0.368 e. The zero-order valence-electron chi connectivity index (χ0n) is 13.7. The second-order valence-corrected chi connectivity index (χ2v) is 6.26. The molecule has 126 valence electrons. The van der Waals surface area contributed by atoms with Gasteiger partial charge in [-0.1, -0.05) is 18.2 Å². The highest BCUT2D eigenvalue weighted by Gasteiger charge is 2.22. The number of nitrogens with one attached hydrogen (secondary N) is 1. The van der Waals surface area contributed by atoms with E-state index in [1.807, 2.05) is 23.1 Å². The molecule has 2 aromatic rings. The lowest BCUT2D eigenvalue weighted by atomic mass is 10.2. The summed E-state index contributed by atoms with van der Waals surface area (Å²) in [4.78, 5) is 16.6. The molecule has 1 aromatic heterocycles. The number of benzene rings is 1. The summed E-state index contributed by atoms with van der Waals surface area (Å²) in [5.41, 5.74) is 1.22. The molecule has 1 saturated heterocycles. The molecule has 7 heteroatoms. The number of fused-ring (bicyclic) bond motifs is 1. The van der Waals surface area contributed by atoms with E-state index < -0.39 is 0 Å². The van der Waals surface area contributed by atoms with Crippen molar-refractivity contribution in [1.29, 1.82) is 0 Å². The van der Waals surface area contributed by atoms with Crippen LogP contribution in [0, 0.1) is 0 Å². The average molecular weight is 326 g/mol. The Labute approximate surface area is 141 Å². The van der Waals surface area contributed by atoms with Crippen LogP contribution in [0.15, 0.2) is 30.3 Å². The third-order valence-electron chi connectivity index (χ3n) is 4.77. The second-order valence-electron chi connectivity index (χ2n) is 6.26. The van der Waals surface area contributed by atoms with E-state index in [9.17, 15) is 4.79 Å². The Hall–Kier alpha value is -2.57. The smallest absolute Gasteiger partial charge is 0.317 e. The van der Waals surface area contributed by atoms with Gasteiger partial charge in [0, 0.05) is 44.8 Å². The Bertz CT molecular complexity index is 705. The fraction of sp³-hybridized carbons (Fsp3) is 0.471. The molecule has 7 nitrogen and oxygen atoms in total. The number of rotatable bonds is 3. The molecule has 24 heavy (non-hydrogen) atoms. The van der Waals surface area contributed by atoms with Gasteiger partial charge in [-0.15, -0.1) is 10.2 Å². The average Bonchev–Trinajstić information content (AvgIpc) is 3.25. The van der Waals surface area contributed by atoms with Crippen molar-refractivity contribution in [2.75, 3.05) is 31.1 Å². The van der Waals surface area contributed by atoms with Crippen molar-refractivity contribution in [3.05, 3.63) is 42.0 Å². The lowest BCUT2D eigenvalue weighted by molar-refractivity contribution is 0.193. The van der Waals surface area contributed by atoms with Gasteiger partial charge in [0.25, 0.3) is 0 Å². The SMILES string of the molecule is O=C(NCc1nnc2n1CCC2)N1CCN(c2ccccc2)CC1. The molecular weight excluding hydrogens is 304 g/mol. The number of urea groups is 1. The molecule has 2 amide bonds. The summed E-state index contributed by atoms with van der Waals surface area (Å²) in [7, 11) is 0. The van der Waals surface area contributed by atoms with Crippen LogP contribution < -0.4 is 10.2 Å². The van der Waals surface area contributed by atoms with Gasteiger partial charge in [-0.25, -0.2) is 4.79 Å². The van der Waals surface area contributed by atoms with Crippen molar-refractivity contribution in [2.45, 2.75) is 25.9 Å². The molecule has 1 N–H and O–H groups in total. The maximum atomic E-state index is 12.4. The van der Waals surface area contributed by atoms with Crippen LogP contribution in [0.2, 0.25) is 0 Å². The molecule has 2 aliphatic rings. The van der Waals surface area contributed by atoms with Gasteiger partial charge in [0.2, 0.25) is 0 Å². The maximum Gasteiger partial charge on any atom is 0.317 e. The van der Waals surface area contributed by atoms with E-state index in [1.54, 1.807) is 0 Å². The number of nitrogens with zero attached hydrogens (tertiary/aromatic N) is 5. The first kappa shape index (κ1) is 15.0. The predicted molar refractivity (Wildman–Crippen MR) is 90.8 cm³/mol. The molecule has 0 atom stereocenters. The van der Waals surface area contributed by atoms with E-state index in [2.05, 4.69) is 37.1 Å². The van der Waals surface area contributed by atoms with E-state index in [1.165, 1.54) is 5.69 Å². The van der Waals surface area contributed by atoms with Gasteiger partial charge < -0.3 is 19.7 Å². The molecule has 0 aliphatic carbocycles. The second kappa shape index (κ2) is 6.51. The highest BCUT2D eigenvalue weighted by Crippen LogP contribution is 2.16. The van der Waals surface area contributed by atoms with Crippen molar-refractivity contribution in [3.63, 3.8) is 0 Å². The summed E-state index contributed by atoms with van der Waals surface area (Å²) < 4.78 is 2.12. The van der Waals surface area contributed by atoms with Crippen molar-refractivity contribution in [1.82, 2.24) is 25.0 Å². The molecule has 0 spiro atoms. The van der Waals surface area contributed by atoms with Crippen LogP contribution in [0.25, 0.3) is 0 Å². The third-order valence-corrected chi connectivity index (χ3v) is 4.77. The maximum absolute atomic E-state index is 12.4. The van der Waals surface area contributed by atoms with Gasteiger partial charge in [-0.05, 0) is 18.6 Å². The number of anilines is 1. The fourth-order valence-corrected chi connectivity index (χ4v) is 3.41. The number of carbonyl (C=O) groups excluding carboxylic acids is 1. The highest BCUT2D eigenvalue weighted by atomic mass is 16.2. The Morgan fingerprint density at radius 2 is 1.83 bits per heavy atom. The minimum atomic E-state index is -0.0157. The quantitative estimate of drug-likeness (QED) is 0.922. The van der Waals surface area contributed by atoms with Crippen LogP contribution in [0.4, 0.5) is 10.5 Å². The third kappa shape index (κ3) is 2.93. The molecule has 2 aliphatic heterocycles. The topological polar surface area (TPSA) is 66.3 Å². The van der Waals surface area contributed by atoms with E-state index in [0.29, 0.717) is 6.54 Å². The van der Waals surface area contributed by atoms with Crippen molar-refractivity contribution >= 4 is 11.7 Å². The van der Waals surface area contributed by atoms with Crippen LogP contribution in [-0.2, 0) is 19.5 Å². The van der Waals surface area contributed by atoms with Gasteiger partial charge in [0.05, 0.1) is 6.54 Å². The Kier molecular flexibility index (Phi) is 4.06. The molecule has 1 fully saturated rings. The summed E-state index contributed by atoms with van der Waals surface area (Å²) in [6.45, 7) is 4.60. The standard InChI is InChI=1S/C17H22N6O/c24-17(18-13-16-20-19-15-7-4-8-23(15)16)22-11-9-21(10-12-22)14-5-2-1-3-6-14/h1-3,5-6H,4,7-13H2,(H,18,24). The van der Waals surface area contributed by atoms with Gasteiger partial charge in [0.15, 0.2) is 5.82 Å². The van der Waals surface area contributed by atoms with Crippen LogP contribution in [0.3, 0.4) is 0 Å². The van der Waals surface area contributed by atoms with Crippen LogP contribution in [0.5, 0.6) is 0 Å². The largest absolute Gasteiger partial charge is 0.368 e. The summed E-state index contributed by atoms with van der Waals surface area (Å²) in [5.74, 6) is 1.90. The first-order chi connectivity index (χ1) is 11.8. The van der Waals surface area contributed by atoms with Crippen molar-refractivity contribution in [3.8, 4) is 0 Å². The van der Waals surface area contributed by atoms with Crippen molar-refractivity contribution < 1.29 is 4.79 Å².